The predicted octanol–water partition coefficient (Wildman–Crippen LogP) is 2.78. The first-order valence-corrected chi connectivity index (χ1v) is 8.54. The van der Waals surface area contributed by atoms with Gasteiger partial charge in [0.15, 0.2) is 0 Å². The van der Waals surface area contributed by atoms with Crippen LogP contribution in [0.1, 0.15) is 52.4 Å². The van der Waals surface area contributed by atoms with Crippen molar-refractivity contribution < 1.29 is 0 Å². The maximum Gasteiger partial charge on any atom is 0.109 e. The van der Waals surface area contributed by atoms with Crippen molar-refractivity contribution in [1.29, 1.82) is 5.26 Å². The summed E-state index contributed by atoms with van der Waals surface area (Å²) in [5.41, 5.74) is -0.196. The zero-order valence-electron chi connectivity index (χ0n) is 13.1. The number of likely N-dealkylation sites (tertiary alicyclic amines) is 1. The molecule has 0 radical (unpaired) electrons. The number of rotatable bonds is 5. The molecule has 3 heteroatoms. The molecule has 20 heavy (non-hydrogen) atoms. The number of hydrogen-bond acceptors (Lipinski definition) is 3. The van der Waals surface area contributed by atoms with Gasteiger partial charge in [0.05, 0.1) is 6.07 Å². The highest BCUT2D eigenvalue weighted by atomic mass is 15.2. The SMILES string of the molecule is CC1CN(CCC2CCCC2(C#N)NC2CC2)CC1C. The third-order valence-corrected chi connectivity index (χ3v) is 5.92. The lowest BCUT2D eigenvalue weighted by atomic mass is 9.85. The van der Waals surface area contributed by atoms with Gasteiger partial charge in [0, 0.05) is 19.1 Å². The fourth-order valence-corrected chi connectivity index (χ4v) is 4.20. The largest absolute Gasteiger partial charge is 0.303 e. The van der Waals surface area contributed by atoms with Crippen LogP contribution in [0.4, 0.5) is 0 Å². The van der Waals surface area contributed by atoms with E-state index in [1.165, 1.54) is 51.7 Å². The highest BCUT2D eigenvalue weighted by molar-refractivity contribution is 5.16. The summed E-state index contributed by atoms with van der Waals surface area (Å²) in [6, 6.07) is 3.30. The van der Waals surface area contributed by atoms with Crippen molar-refractivity contribution >= 4 is 0 Å². The summed E-state index contributed by atoms with van der Waals surface area (Å²) >= 11 is 0. The number of nitrogens with one attached hydrogen (secondary N) is 1. The van der Waals surface area contributed by atoms with Crippen LogP contribution >= 0.6 is 0 Å². The minimum atomic E-state index is -0.196. The highest BCUT2D eigenvalue weighted by Gasteiger charge is 2.46. The minimum absolute atomic E-state index is 0.196. The summed E-state index contributed by atoms with van der Waals surface area (Å²) in [7, 11) is 0. The number of nitrogens with zero attached hydrogens (tertiary/aromatic N) is 2. The van der Waals surface area contributed by atoms with E-state index in [0.29, 0.717) is 12.0 Å². The van der Waals surface area contributed by atoms with Crippen molar-refractivity contribution in [2.45, 2.75) is 64.0 Å². The van der Waals surface area contributed by atoms with E-state index < -0.39 is 0 Å². The van der Waals surface area contributed by atoms with Crippen LogP contribution in [0.2, 0.25) is 0 Å². The first-order chi connectivity index (χ1) is 9.63. The molecule has 0 aromatic rings. The average Bonchev–Trinajstić information content (AvgIpc) is 3.06. The Balaban J connectivity index is 1.54. The van der Waals surface area contributed by atoms with E-state index in [-0.39, 0.29) is 5.54 Å². The summed E-state index contributed by atoms with van der Waals surface area (Å²) in [6.45, 7) is 8.44. The summed E-state index contributed by atoms with van der Waals surface area (Å²) in [5, 5.41) is 13.4. The number of hydrogen-bond donors (Lipinski definition) is 1. The van der Waals surface area contributed by atoms with Crippen LogP contribution < -0.4 is 5.32 Å². The fourth-order valence-electron chi connectivity index (χ4n) is 4.20. The van der Waals surface area contributed by atoms with E-state index >= 15 is 0 Å². The van der Waals surface area contributed by atoms with Crippen LogP contribution in [-0.4, -0.2) is 36.1 Å². The van der Waals surface area contributed by atoms with E-state index in [0.717, 1.165) is 18.3 Å². The van der Waals surface area contributed by atoms with E-state index in [9.17, 15) is 5.26 Å². The van der Waals surface area contributed by atoms with Crippen LogP contribution in [0.15, 0.2) is 0 Å². The first kappa shape index (κ1) is 14.4. The minimum Gasteiger partial charge on any atom is -0.303 e. The summed E-state index contributed by atoms with van der Waals surface area (Å²) < 4.78 is 0. The Morgan fingerprint density at radius 3 is 2.50 bits per heavy atom. The first-order valence-electron chi connectivity index (χ1n) is 8.54. The molecule has 112 valence electrons. The molecule has 2 saturated carbocycles. The van der Waals surface area contributed by atoms with Crippen LogP contribution in [-0.2, 0) is 0 Å². The molecule has 3 aliphatic rings. The third kappa shape index (κ3) is 2.87. The van der Waals surface area contributed by atoms with Crippen molar-refractivity contribution in [2.24, 2.45) is 17.8 Å². The van der Waals surface area contributed by atoms with Crippen molar-refractivity contribution in [1.82, 2.24) is 10.2 Å². The molecule has 1 heterocycles. The fraction of sp³-hybridized carbons (Fsp3) is 0.941. The second-order valence-corrected chi connectivity index (χ2v) is 7.59. The van der Waals surface area contributed by atoms with E-state index in [1.54, 1.807) is 0 Å². The molecule has 1 saturated heterocycles. The van der Waals surface area contributed by atoms with Gasteiger partial charge in [-0.25, -0.2) is 0 Å². The van der Waals surface area contributed by atoms with E-state index in [4.69, 9.17) is 0 Å². The van der Waals surface area contributed by atoms with E-state index in [1.807, 2.05) is 0 Å². The Labute approximate surface area is 123 Å². The zero-order chi connectivity index (χ0) is 14.2. The molecule has 3 rings (SSSR count). The monoisotopic (exact) mass is 275 g/mol. The maximum atomic E-state index is 9.71. The second-order valence-electron chi connectivity index (χ2n) is 7.59. The van der Waals surface area contributed by atoms with Crippen molar-refractivity contribution in [3.63, 3.8) is 0 Å². The van der Waals surface area contributed by atoms with Crippen LogP contribution in [0, 0.1) is 29.1 Å². The molecule has 4 atom stereocenters. The van der Waals surface area contributed by atoms with Gasteiger partial charge >= 0.3 is 0 Å². The van der Waals surface area contributed by atoms with Crippen molar-refractivity contribution in [2.75, 3.05) is 19.6 Å². The van der Waals surface area contributed by atoms with Gasteiger partial charge in [-0.1, -0.05) is 20.3 Å². The maximum absolute atomic E-state index is 9.71. The summed E-state index contributed by atoms with van der Waals surface area (Å²) in [4.78, 5) is 2.62. The molecule has 0 aromatic carbocycles. The molecular weight excluding hydrogens is 246 g/mol. The van der Waals surface area contributed by atoms with Gasteiger partial charge in [-0.3, -0.25) is 5.32 Å². The molecule has 1 N–H and O–H groups in total. The third-order valence-electron chi connectivity index (χ3n) is 5.92. The van der Waals surface area contributed by atoms with Crippen LogP contribution in [0.25, 0.3) is 0 Å². The molecule has 1 aliphatic heterocycles. The predicted molar refractivity (Wildman–Crippen MR) is 81.2 cm³/mol. The van der Waals surface area contributed by atoms with Gasteiger partial charge in [-0.15, -0.1) is 0 Å². The Hall–Kier alpha value is -0.590. The average molecular weight is 275 g/mol. The molecule has 0 amide bonds. The van der Waals surface area contributed by atoms with Crippen molar-refractivity contribution in [3.05, 3.63) is 0 Å². The molecule has 4 unspecified atom stereocenters. The number of nitriles is 1. The Kier molecular flexibility index (Phi) is 4.06. The lowest BCUT2D eigenvalue weighted by Crippen LogP contribution is -2.48. The molecule has 3 nitrogen and oxygen atoms in total. The highest BCUT2D eigenvalue weighted by Crippen LogP contribution is 2.40. The molecular formula is C17H29N3. The summed E-state index contributed by atoms with van der Waals surface area (Å²) in [6.07, 6.45) is 7.29. The normalized spacial score (nSPS) is 42.0. The molecule has 2 aliphatic carbocycles. The van der Waals surface area contributed by atoms with Crippen LogP contribution in [0.5, 0.6) is 0 Å². The molecule has 0 spiro atoms. The zero-order valence-corrected chi connectivity index (χ0v) is 13.1. The van der Waals surface area contributed by atoms with Gasteiger partial charge in [0.2, 0.25) is 0 Å². The second kappa shape index (κ2) is 5.66. The standard InChI is InChI=1S/C17H29N3/c1-13-10-20(11-14(13)2)9-7-15-4-3-8-17(15,12-18)19-16-5-6-16/h13-16,19H,3-11H2,1-2H3. The van der Waals surface area contributed by atoms with Gasteiger partial charge in [-0.2, -0.15) is 5.26 Å². The summed E-state index contributed by atoms with van der Waals surface area (Å²) in [5.74, 6) is 2.24. The van der Waals surface area contributed by atoms with Crippen LogP contribution in [0.3, 0.4) is 0 Å². The van der Waals surface area contributed by atoms with Gasteiger partial charge in [0.1, 0.15) is 5.54 Å². The molecule has 0 aromatic heterocycles. The van der Waals surface area contributed by atoms with Crippen molar-refractivity contribution in [3.8, 4) is 6.07 Å². The lowest BCUT2D eigenvalue weighted by molar-refractivity contribution is 0.243. The Morgan fingerprint density at radius 2 is 1.90 bits per heavy atom. The lowest BCUT2D eigenvalue weighted by Gasteiger charge is -2.31. The van der Waals surface area contributed by atoms with E-state index in [2.05, 4.69) is 30.1 Å². The van der Waals surface area contributed by atoms with Gasteiger partial charge < -0.3 is 4.90 Å². The van der Waals surface area contributed by atoms with Gasteiger partial charge in [0.25, 0.3) is 0 Å². The Bertz CT molecular complexity index is 374. The topological polar surface area (TPSA) is 39.1 Å². The Morgan fingerprint density at radius 1 is 1.20 bits per heavy atom. The van der Waals surface area contributed by atoms with Gasteiger partial charge in [-0.05, 0) is 56.4 Å². The quantitative estimate of drug-likeness (QED) is 0.838. The smallest absolute Gasteiger partial charge is 0.109 e. The molecule has 0 bridgehead atoms. The molecule has 3 fully saturated rings.